The molecule has 3 aromatic heterocycles. The van der Waals surface area contributed by atoms with Gasteiger partial charge in [-0.25, -0.2) is 13.8 Å². The summed E-state index contributed by atoms with van der Waals surface area (Å²) >= 11 is 0. The Bertz CT molecular complexity index is 1300. The van der Waals surface area contributed by atoms with Gasteiger partial charge in [-0.1, -0.05) is 12.1 Å². The molecule has 0 spiro atoms. The predicted molar refractivity (Wildman–Crippen MR) is 118 cm³/mol. The van der Waals surface area contributed by atoms with Crippen LogP contribution in [0.1, 0.15) is 27.4 Å². The molecule has 1 aromatic carbocycles. The highest BCUT2D eigenvalue weighted by molar-refractivity contribution is 5.95. The number of ether oxygens (including phenoxy) is 1. The zero-order valence-corrected chi connectivity index (χ0v) is 18.2. The number of benzene rings is 1. The Labute approximate surface area is 193 Å². The number of fused-ring (bicyclic) bond motifs is 1. The highest BCUT2D eigenvalue weighted by atomic mass is 19.1. The van der Waals surface area contributed by atoms with Crippen molar-refractivity contribution in [1.29, 1.82) is 0 Å². The summed E-state index contributed by atoms with van der Waals surface area (Å²) < 4.78 is 35.0. The molecule has 1 amide bonds. The molecule has 176 valence electrons. The van der Waals surface area contributed by atoms with E-state index in [2.05, 4.69) is 15.3 Å². The number of aliphatic hydroxyl groups is 2. The van der Waals surface area contributed by atoms with Crippen molar-refractivity contribution in [3.63, 3.8) is 0 Å². The van der Waals surface area contributed by atoms with Crippen molar-refractivity contribution >= 4 is 11.6 Å². The van der Waals surface area contributed by atoms with Gasteiger partial charge in [0.15, 0.2) is 11.4 Å². The van der Waals surface area contributed by atoms with E-state index in [1.165, 1.54) is 16.7 Å². The van der Waals surface area contributed by atoms with E-state index in [4.69, 9.17) is 4.74 Å². The number of amides is 1. The second-order valence-electron chi connectivity index (χ2n) is 7.67. The van der Waals surface area contributed by atoms with Crippen molar-refractivity contribution < 1.29 is 28.5 Å². The first-order valence-electron chi connectivity index (χ1n) is 10.4. The van der Waals surface area contributed by atoms with E-state index >= 15 is 0 Å². The summed E-state index contributed by atoms with van der Waals surface area (Å²) in [7, 11) is 0. The number of pyridine rings is 2. The summed E-state index contributed by atoms with van der Waals surface area (Å²) in [6.07, 6.45) is 3.07. The molecule has 4 aromatic rings. The number of aromatic nitrogens is 3. The zero-order chi connectivity index (χ0) is 24.3. The van der Waals surface area contributed by atoms with Gasteiger partial charge in [-0.05, 0) is 43.3 Å². The van der Waals surface area contributed by atoms with Gasteiger partial charge in [0.1, 0.15) is 29.5 Å². The molecule has 0 aliphatic carbocycles. The maximum Gasteiger partial charge on any atom is 0.271 e. The Morgan fingerprint density at radius 3 is 2.47 bits per heavy atom. The highest BCUT2D eigenvalue weighted by Crippen LogP contribution is 2.25. The molecular formula is C24H22F2N4O4. The second kappa shape index (κ2) is 9.54. The average molecular weight is 468 g/mol. The third-order valence-electron chi connectivity index (χ3n) is 5.49. The molecule has 3 N–H and O–H groups in total. The van der Waals surface area contributed by atoms with Crippen molar-refractivity contribution in [2.45, 2.75) is 19.1 Å². The average Bonchev–Trinajstić information content (AvgIpc) is 3.19. The molecule has 0 atom stereocenters. The van der Waals surface area contributed by atoms with Gasteiger partial charge in [-0.3, -0.25) is 14.2 Å². The van der Waals surface area contributed by atoms with Crippen LogP contribution in [0.2, 0.25) is 0 Å². The molecule has 4 rings (SSSR count). The normalized spacial score (nSPS) is 11.6. The summed E-state index contributed by atoms with van der Waals surface area (Å²) in [5, 5.41) is 22.7. The molecule has 0 saturated carbocycles. The van der Waals surface area contributed by atoms with Crippen LogP contribution in [0.25, 0.3) is 5.65 Å². The van der Waals surface area contributed by atoms with Crippen LogP contribution in [-0.4, -0.2) is 43.7 Å². The molecule has 0 radical (unpaired) electrons. The van der Waals surface area contributed by atoms with Crippen LogP contribution in [0, 0.1) is 18.6 Å². The van der Waals surface area contributed by atoms with Gasteiger partial charge in [0.25, 0.3) is 5.91 Å². The van der Waals surface area contributed by atoms with E-state index < -0.39 is 36.3 Å². The minimum atomic E-state index is -1.52. The van der Waals surface area contributed by atoms with Crippen molar-refractivity contribution in [2.24, 2.45) is 0 Å². The van der Waals surface area contributed by atoms with E-state index in [0.29, 0.717) is 5.69 Å². The first kappa shape index (κ1) is 23.3. The topological polar surface area (TPSA) is 109 Å². The lowest BCUT2D eigenvalue weighted by Gasteiger charge is -2.30. The van der Waals surface area contributed by atoms with Crippen LogP contribution in [0.15, 0.2) is 60.9 Å². The molecule has 0 aliphatic rings. The van der Waals surface area contributed by atoms with Crippen LogP contribution in [0.4, 0.5) is 8.78 Å². The van der Waals surface area contributed by atoms with Crippen LogP contribution < -0.4 is 10.1 Å². The van der Waals surface area contributed by atoms with Crippen molar-refractivity contribution in [2.75, 3.05) is 13.2 Å². The van der Waals surface area contributed by atoms with Crippen molar-refractivity contribution in [3.05, 3.63) is 95.2 Å². The lowest BCUT2D eigenvalue weighted by atomic mass is 9.96. The third-order valence-corrected chi connectivity index (χ3v) is 5.49. The predicted octanol–water partition coefficient (Wildman–Crippen LogP) is 2.50. The number of nitrogens with zero attached hydrogens (tertiary/aromatic N) is 3. The number of halogens is 2. The lowest BCUT2D eigenvalue weighted by Crippen LogP contribution is -2.52. The van der Waals surface area contributed by atoms with Gasteiger partial charge in [-0.2, -0.15) is 0 Å². The zero-order valence-electron chi connectivity index (χ0n) is 18.2. The molecule has 3 heterocycles. The minimum absolute atomic E-state index is 0.139. The molecule has 8 nitrogen and oxygen atoms in total. The van der Waals surface area contributed by atoms with Gasteiger partial charge >= 0.3 is 0 Å². The van der Waals surface area contributed by atoms with E-state index in [0.717, 1.165) is 12.1 Å². The van der Waals surface area contributed by atoms with Gasteiger partial charge in [-0.15, -0.1) is 0 Å². The smallest absolute Gasteiger partial charge is 0.271 e. The van der Waals surface area contributed by atoms with Gasteiger partial charge < -0.3 is 20.3 Å². The number of aliphatic hydroxyl groups excluding tert-OH is 2. The second-order valence-corrected chi connectivity index (χ2v) is 7.67. The summed E-state index contributed by atoms with van der Waals surface area (Å²) in [6.45, 7) is 0.0567. The number of carbonyl (C=O) groups is 1. The lowest BCUT2D eigenvalue weighted by molar-refractivity contribution is 0.0638. The first-order valence-corrected chi connectivity index (χ1v) is 10.4. The molecule has 0 saturated heterocycles. The van der Waals surface area contributed by atoms with E-state index in [-0.39, 0.29) is 35.0 Å². The van der Waals surface area contributed by atoms with E-state index in [1.54, 1.807) is 43.5 Å². The summed E-state index contributed by atoms with van der Waals surface area (Å²) in [6, 6.07) is 11.7. The number of hydrogen-bond acceptors (Lipinski definition) is 6. The van der Waals surface area contributed by atoms with Gasteiger partial charge in [0.2, 0.25) is 0 Å². The largest absolute Gasteiger partial charge is 0.485 e. The first-order chi connectivity index (χ1) is 16.4. The quantitative estimate of drug-likeness (QED) is 0.367. The minimum Gasteiger partial charge on any atom is -0.485 e. The highest BCUT2D eigenvalue weighted by Gasteiger charge is 2.36. The number of rotatable bonds is 8. The summed E-state index contributed by atoms with van der Waals surface area (Å²) in [5.74, 6) is -1.86. The number of hydrogen-bond donors (Lipinski definition) is 3. The van der Waals surface area contributed by atoms with Crippen LogP contribution in [0.5, 0.6) is 5.75 Å². The fourth-order valence-corrected chi connectivity index (χ4v) is 3.64. The molecule has 0 unspecified atom stereocenters. The number of imidazole rings is 1. The van der Waals surface area contributed by atoms with Crippen molar-refractivity contribution in [3.8, 4) is 5.75 Å². The summed E-state index contributed by atoms with van der Waals surface area (Å²) in [4.78, 5) is 21.8. The van der Waals surface area contributed by atoms with Gasteiger partial charge in [0, 0.05) is 12.4 Å². The van der Waals surface area contributed by atoms with Crippen LogP contribution in [-0.2, 0) is 12.1 Å². The van der Waals surface area contributed by atoms with Crippen molar-refractivity contribution in [1.82, 2.24) is 19.7 Å². The van der Waals surface area contributed by atoms with Crippen LogP contribution in [0.3, 0.4) is 0 Å². The van der Waals surface area contributed by atoms with E-state index in [9.17, 15) is 23.8 Å². The monoisotopic (exact) mass is 468 g/mol. The number of aryl methyl sites for hydroxylation is 1. The standard InChI is InChI=1S/C24H22F2N4O4/c1-15-21(23(33)29-24(13-31,14-32)20-9-2-3-10-27-20)30-11-5-8-19(22(30)28-15)34-12-16-17(25)6-4-7-18(16)26/h2-11,31-32H,12-14H2,1H3,(H,29,33). The maximum absolute atomic E-state index is 14.0. The number of nitrogens with one attached hydrogen (secondary N) is 1. The molecule has 0 fully saturated rings. The van der Waals surface area contributed by atoms with Crippen LogP contribution >= 0.6 is 0 Å². The fourth-order valence-electron chi connectivity index (χ4n) is 3.64. The molecule has 34 heavy (non-hydrogen) atoms. The molecule has 0 aliphatic heterocycles. The Morgan fingerprint density at radius 2 is 1.82 bits per heavy atom. The Morgan fingerprint density at radius 1 is 1.09 bits per heavy atom. The fraction of sp³-hybridized carbons (Fsp3) is 0.208. The Balaban J connectivity index is 1.66. The summed E-state index contributed by atoms with van der Waals surface area (Å²) in [5.41, 5.74) is -0.715. The third kappa shape index (κ3) is 4.20. The number of carbonyl (C=O) groups excluding carboxylic acids is 1. The maximum atomic E-state index is 14.0. The van der Waals surface area contributed by atoms with Gasteiger partial charge in [0.05, 0.1) is 30.2 Å². The molecule has 0 bridgehead atoms. The Hall–Kier alpha value is -3.89. The SMILES string of the molecule is Cc1nc2c(OCc3c(F)cccc3F)cccn2c1C(=O)NC(CO)(CO)c1ccccn1. The van der Waals surface area contributed by atoms with E-state index in [1.807, 2.05) is 0 Å². The molecular weight excluding hydrogens is 446 g/mol. The molecule has 10 heteroatoms. The Kier molecular flexibility index (Phi) is 6.53.